The number of benzene rings is 4. The van der Waals surface area contributed by atoms with Gasteiger partial charge in [-0.1, -0.05) is 71.7 Å². The number of amides is 3. The van der Waals surface area contributed by atoms with Crippen LogP contribution >= 0.6 is 23.2 Å². The molecule has 4 atom stereocenters. The molecule has 0 aliphatic heterocycles. The third-order valence-corrected chi connectivity index (χ3v) is 18.4. The molecule has 4 aromatic carbocycles. The van der Waals surface area contributed by atoms with Crippen molar-refractivity contribution in [1.82, 2.24) is 35.6 Å². The van der Waals surface area contributed by atoms with E-state index >= 15 is 0 Å². The third-order valence-electron chi connectivity index (χ3n) is 17.9. The van der Waals surface area contributed by atoms with E-state index in [2.05, 4.69) is 60.5 Å². The highest BCUT2D eigenvalue weighted by Gasteiger charge is 2.60. The van der Waals surface area contributed by atoms with E-state index in [9.17, 15) is 27.6 Å². The summed E-state index contributed by atoms with van der Waals surface area (Å²) in [5, 5.41) is 18.1. The number of alkyl halides is 3. The number of carbonyl (C=O) groups is 3. The maximum Gasteiger partial charge on any atom is 0.471 e. The van der Waals surface area contributed by atoms with Gasteiger partial charge in [0, 0.05) is 72.9 Å². The molecule has 0 spiro atoms. The maximum absolute atomic E-state index is 13.4. The lowest BCUT2D eigenvalue weighted by molar-refractivity contribution is -0.167. The van der Waals surface area contributed by atoms with Gasteiger partial charge in [0.25, 0.3) is 11.8 Å². The summed E-state index contributed by atoms with van der Waals surface area (Å²) in [6.45, 7) is 0. The summed E-state index contributed by atoms with van der Waals surface area (Å²) in [6, 6.07) is 29.0. The Labute approximate surface area is 469 Å². The van der Waals surface area contributed by atoms with Crippen LogP contribution < -0.4 is 32.3 Å². The first-order chi connectivity index (χ1) is 38.4. The zero-order valence-electron chi connectivity index (χ0n) is 43.5. The Balaban J connectivity index is 0.000000153. The van der Waals surface area contributed by atoms with Crippen molar-refractivity contribution in [2.24, 2.45) is 23.7 Å². The largest absolute Gasteiger partial charge is 0.471 e. The van der Waals surface area contributed by atoms with E-state index in [0.717, 1.165) is 98.2 Å². The lowest BCUT2D eigenvalue weighted by atomic mass is 9.50. The maximum atomic E-state index is 13.4. The number of nitrogens with two attached hydrogens (primary N) is 1. The van der Waals surface area contributed by atoms with Crippen molar-refractivity contribution in [3.63, 3.8) is 0 Å². The minimum Gasteiger partial charge on any atom is -0.399 e. The minimum atomic E-state index is -4.99. The van der Waals surface area contributed by atoms with Crippen LogP contribution in [0.3, 0.4) is 0 Å². The molecular formula is C61H58Cl2F3N11O3. The van der Waals surface area contributed by atoms with E-state index in [4.69, 9.17) is 38.9 Å². The van der Waals surface area contributed by atoms with Crippen LogP contribution in [0.4, 0.5) is 36.4 Å². The second-order valence-corrected chi connectivity index (χ2v) is 24.7. The van der Waals surface area contributed by atoms with Gasteiger partial charge in [0.15, 0.2) is 0 Å². The van der Waals surface area contributed by atoms with E-state index in [-0.39, 0.29) is 34.1 Å². The average Bonchev–Trinajstić information content (AvgIpc) is 4.09. The standard InChI is InChI=1S/C32H29ClF3N5O2.C29H29ClN6O/c33-25-16-37-29(39-26(25)24-10-7-20-3-1-2-4-23(20)24)41-31-14-18-11-19(15-31)13-30(12-18,17-31)40-27(42)21-5-8-22(9-6-21)38-28(43)32(34,35)36;30-23-15-33-27(34-25(23)22-14-32-24-4-2-1-3-21(22)24)36-29-12-17-9-18(13-29)11-28(10-17,16-29)35-26(37)19-5-7-20(31)8-6-19/h1-6,8-10,16,18-19H,7,11-15,17H2,(H,38,43)(H,40,42)(H,37,39,41);1-8,14-15,17-18,32H,9-13,16,31H2,(H,35,37)(H,33,34,36). The fourth-order valence-corrected chi connectivity index (χ4v) is 16.1. The summed E-state index contributed by atoms with van der Waals surface area (Å²) in [7, 11) is 0. The number of aromatic amines is 1. The molecule has 80 heavy (non-hydrogen) atoms. The number of H-pyrrole nitrogens is 1. The number of fused-ring (bicyclic) bond motifs is 2. The number of nitrogens with one attached hydrogen (secondary N) is 6. The van der Waals surface area contributed by atoms with Crippen molar-refractivity contribution in [2.45, 2.75) is 112 Å². The van der Waals surface area contributed by atoms with Gasteiger partial charge < -0.3 is 37.3 Å². The number of anilines is 4. The molecule has 7 aromatic rings. The quantitative estimate of drug-likeness (QED) is 0.0611. The van der Waals surface area contributed by atoms with Crippen LogP contribution in [-0.4, -0.2) is 71.0 Å². The van der Waals surface area contributed by atoms with Crippen LogP contribution in [0.1, 0.15) is 115 Å². The van der Waals surface area contributed by atoms with E-state index < -0.39 is 17.6 Å². The predicted molar refractivity (Wildman–Crippen MR) is 303 cm³/mol. The van der Waals surface area contributed by atoms with E-state index in [1.165, 1.54) is 36.2 Å². The van der Waals surface area contributed by atoms with Crippen molar-refractivity contribution < 1.29 is 27.6 Å². The molecule has 8 N–H and O–H groups in total. The van der Waals surface area contributed by atoms with Gasteiger partial charge in [-0.25, -0.2) is 19.9 Å². The van der Waals surface area contributed by atoms with Gasteiger partial charge in [0.2, 0.25) is 11.9 Å². The van der Waals surface area contributed by atoms with Gasteiger partial charge in [-0.05, 0) is 173 Å². The molecule has 8 bridgehead atoms. The van der Waals surface area contributed by atoms with Crippen molar-refractivity contribution in [3.8, 4) is 11.3 Å². The summed E-state index contributed by atoms with van der Waals surface area (Å²) >= 11 is 13.2. The van der Waals surface area contributed by atoms with Crippen LogP contribution in [0.5, 0.6) is 0 Å². The molecule has 8 saturated carbocycles. The topological polar surface area (TPSA) is 205 Å². The van der Waals surface area contributed by atoms with Crippen molar-refractivity contribution >= 4 is 80.7 Å². The molecule has 3 aromatic heterocycles. The molecule has 3 amide bonds. The summed E-state index contributed by atoms with van der Waals surface area (Å²) in [4.78, 5) is 60.1. The van der Waals surface area contributed by atoms with Crippen LogP contribution in [0.15, 0.2) is 122 Å². The summed E-state index contributed by atoms with van der Waals surface area (Å²) < 4.78 is 37.8. The summed E-state index contributed by atoms with van der Waals surface area (Å²) in [5.41, 5.74) is 13.1. The van der Waals surface area contributed by atoms with Crippen LogP contribution in [0.25, 0.3) is 27.7 Å². The molecule has 410 valence electrons. The first-order valence-corrected chi connectivity index (χ1v) is 28.1. The molecule has 9 aliphatic carbocycles. The Kier molecular flexibility index (Phi) is 12.7. The zero-order valence-corrected chi connectivity index (χ0v) is 45.0. The van der Waals surface area contributed by atoms with Gasteiger partial charge in [-0.15, -0.1) is 0 Å². The molecule has 16 rings (SSSR count). The fourth-order valence-electron chi connectivity index (χ4n) is 15.8. The molecule has 9 aliphatic rings. The number of nitrogen functional groups attached to an aromatic ring is 1. The summed E-state index contributed by atoms with van der Waals surface area (Å²) in [6.07, 6.45) is 15.0. The second kappa shape index (κ2) is 19.6. The molecule has 0 saturated heterocycles. The Bertz CT molecular complexity index is 3620. The molecular weight excluding hydrogens is 1060 g/mol. The normalized spacial score (nSPS) is 27.4. The highest BCUT2D eigenvalue weighted by atomic mass is 35.5. The fraction of sp³-hybridized carbons (Fsp3) is 0.361. The number of carbonyl (C=O) groups excluding carboxylic acids is 3. The third kappa shape index (κ3) is 10.0. The van der Waals surface area contributed by atoms with Crippen molar-refractivity contribution in [1.29, 1.82) is 0 Å². The number of hydrogen-bond acceptors (Lipinski definition) is 10. The number of para-hydroxylation sites is 1. The van der Waals surface area contributed by atoms with Crippen LogP contribution in [-0.2, 0) is 11.2 Å². The van der Waals surface area contributed by atoms with Gasteiger partial charge in [-0.3, -0.25) is 14.4 Å². The lowest BCUT2D eigenvalue weighted by Crippen LogP contribution is -2.67. The van der Waals surface area contributed by atoms with Gasteiger partial charge in [-0.2, -0.15) is 13.2 Å². The Morgan fingerprint density at radius 3 is 1.69 bits per heavy atom. The van der Waals surface area contributed by atoms with Gasteiger partial charge in [0.1, 0.15) is 0 Å². The van der Waals surface area contributed by atoms with Crippen LogP contribution in [0.2, 0.25) is 10.0 Å². The Morgan fingerprint density at radius 1 is 0.613 bits per heavy atom. The monoisotopic (exact) mass is 1120 g/mol. The lowest BCUT2D eigenvalue weighted by Gasteiger charge is -2.62. The first-order valence-electron chi connectivity index (χ1n) is 27.3. The molecule has 4 unspecified atom stereocenters. The molecule has 0 radical (unpaired) electrons. The predicted octanol–water partition coefficient (Wildman–Crippen LogP) is 12.3. The number of nitrogens with zero attached hydrogens (tertiary/aromatic N) is 4. The SMILES string of the molecule is Nc1ccc(C(=O)NC23CC4CC(C2)CC(Nc2ncc(Cl)c(-c5c[nH]c6ccccc56)n2)(C4)C3)cc1.O=C(NC12CC3CC(C1)CC(Nc1ncc(Cl)c(C4=CCc5ccccc54)n1)(C3)C2)c1ccc(NC(=O)C(F)(F)F)cc1. The highest BCUT2D eigenvalue weighted by molar-refractivity contribution is 6.33. The van der Waals surface area contributed by atoms with Gasteiger partial charge in [0.05, 0.1) is 33.8 Å². The average molecular weight is 1120 g/mol. The van der Waals surface area contributed by atoms with E-state index in [1.807, 2.05) is 36.5 Å². The van der Waals surface area contributed by atoms with E-state index in [1.54, 1.807) is 42.0 Å². The molecule has 8 fully saturated rings. The van der Waals surface area contributed by atoms with Crippen molar-refractivity contribution in [2.75, 3.05) is 21.7 Å². The second-order valence-electron chi connectivity index (χ2n) is 23.9. The molecule has 19 heteroatoms. The van der Waals surface area contributed by atoms with E-state index in [0.29, 0.717) is 80.2 Å². The smallest absolute Gasteiger partial charge is 0.399 e. The summed E-state index contributed by atoms with van der Waals surface area (Å²) in [5.74, 6) is 0.745. The molecule has 3 heterocycles. The molecule has 14 nitrogen and oxygen atoms in total. The Morgan fingerprint density at radius 2 is 1.11 bits per heavy atom. The number of hydrogen-bond donors (Lipinski definition) is 7. The number of aromatic nitrogens is 5. The number of allylic oxidation sites excluding steroid dienone is 1. The highest BCUT2D eigenvalue weighted by Crippen LogP contribution is 2.60. The Hall–Kier alpha value is -7.50. The van der Waals surface area contributed by atoms with Crippen molar-refractivity contribution in [3.05, 3.63) is 160 Å². The van der Waals surface area contributed by atoms with Gasteiger partial charge >= 0.3 is 12.1 Å². The number of halogens is 5. The zero-order chi connectivity index (χ0) is 55.2. The van der Waals surface area contributed by atoms with Crippen LogP contribution in [0, 0.1) is 23.7 Å². The first kappa shape index (κ1) is 51.9. The number of rotatable bonds is 11. The minimum absolute atomic E-state index is 0.0264.